The van der Waals surface area contributed by atoms with Gasteiger partial charge in [0.25, 0.3) is 0 Å². The first-order valence-corrected chi connectivity index (χ1v) is 11.3. The number of rotatable bonds is 19. The van der Waals surface area contributed by atoms with Crippen molar-refractivity contribution < 1.29 is 9.53 Å². The minimum absolute atomic E-state index is 0.301. The number of esters is 1. The van der Waals surface area contributed by atoms with E-state index < -0.39 is 0 Å². The molecule has 0 bridgehead atoms. The molecule has 0 unspecified atom stereocenters. The first-order chi connectivity index (χ1) is 11.8. The molecule has 0 rings (SSSR count). The van der Waals surface area contributed by atoms with Crippen LogP contribution in [-0.4, -0.2) is 17.9 Å². The van der Waals surface area contributed by atoms with Gasteiger partial charge in [0, 0.05) is 11.4 Å². The fourth-order valence-corrected chi connectivity index (χ4v) is 3.30. The minimum Gasteiger partial charge on any atom is -0.463 e. The van der Waals surface area contributed by atoms with E-state index in [2.05, 4.69) is 22.5 Å². The lowest BCUT2D eigenvalue weighted by atomic mass is 10.0. The minimum atomic E-state index is -0.301. The van der Waals surface area contributed by atoms with E-state index in [1.54, 1.807) is 0 Å². The van der Waals surface area contributed by atoms with Crippen LogP contribution in [0.25, 0.3) is 0 Å². The first-order valence-electron chi connectivity index (χ1n) is 10.2. The van der Waals surface area contributed by atoms with E-state index in [1.807, 2.05) is 0 Å². The van der Waals surface area contributed by atoms with Gasteiger partial charge in [0.05, 0.1) is 6.61 Å². The number of halogens is 1. The topological polar surface area (TPSA) is 26.3 Å². The second-order valence-electron chi connectivity index (χ2n) is 6.72. The van der Waals surface area contributed by atoms with E-state index in [-0.39, 0.29) is 5.97 Å². The molecule has 0 aliphatic heterocycles. The molecule has 2 nitrogen and oxygen atoms in total. The third-order valence-corrected chi connectivity index (χ3v) is 5.00. The molecule has 0 spiro atoms. The van der Waals surface area contributed by atoms with Crippen LogP contribution >= 0.6 is 15.9 Å². The second-order valence-corrected chi connectivity index (χ2v) is 7.51. The molecule has 3 heteroatoms. The number of hydrogen-bond acceptors (Lipinski definition) is 2. The quantitative estimate of drug-likeness (QED) is 0.0975. The molecule has 0 aromatic heterocycles. The van der Waals surface area contributed by atoms with Gasteiger partial charge in [-0.2, -0.15) is 0 Å². The van der Waals surface area contributed by atoms with Crippen molar-refractivity contribution in [2.45, 2.75) is 103 Å². The average Bonchev–Trinajstić information content (AvgIpc) is 2.60. The highest BCUT2D eigenvalue weighted by atomic mass is 79.9. The Balaban J connectivity index is 3.00. The van der Waals surface area contributed by atoms with Crippen LogP contribution in [0, 0.1) is 0 Å². The monoisotopic (exact) mass is 402 g/mol. The smallest absolute Gasteiger partial charge is 0.330 e. The van der Waals surface area contributed by atoms with E-state index in [0.717, 1.165) is 11.8 Å². The number of hydrogen-bond donors (Lipinski definition) is 0. The largest absolute Gasteiger partial charge is 0.463 e. The highest BCUT2D eigenvalue weighted by Crippen LogP contribution is 2.13. The van der Waals surface area contributed by atoms with Crippen molar-refractivity contribution in [3.8, 4) is 0 Å². The van der Waals surface area contributed by atoms with Crippen molar-refractivity contribution >= 4 is 21.9 Å². The predicted molar refractivity (Wildman–Crippen MR) is 109 cm³/mol. The maximum Gasteiger partial charge on any atom is 0.330 e. The summed E-state index contributed by atoms with van der Waals surface area (Å²) < 4.78 is 4.96. The Bertz CT molecular complexity index is 279. The standard InChI is InChI=1S/C21H39BrO2/c1-2-21(23)24-20-18-16-14-12-10-8-6-4-3-5-7-9-11-13-15-17-19-22/h2H,1,3-20H2. The summed E-state index contributed by atoms with van der Waals surface area (Å²) in [6.45, 7) is 3.93. The molecular weight excluding hydrogens is 364 g/mol. The Morgan fingerprint density at radius 1 is 0.667 bits per heavy atom. The van der Waals surface area contributed by atoms with Crippen molar-refractivity contribution in [2.75, 3.05) is 11.9 Å². The van der Waals surface area contributed by atoms with Crippen LogP contribution in [0.1, 0.15) is 103 Å². The zero-order valence-corrected chi connectivity index (χ0v) is 17.3. The van der Waals surface area contributed by atoms with E-state index in [1.165, 1.54) is 102 Å². The molecule has 0 heterocycles. The molecule has 0 fully saturated rings. The van der Waals surface area contributed by atoms with E-state index in [0.29, 0.717) is 6.61 Å². The number of alkyl halides is 1. The summed E-state index contributed by atoms with van der Waals surface area (Å²) in [5.74, 6) is -0.301. The molecule has 0 radical (unpaired) electrons. The maximum atomic E-state index is 10.8. The molecule has 0 amide bonds. The zero-order valence-electron chi connectivity index (χ0n) is 15.7. The van der Waals surface area contributed by atoms with Gasteiger partial charge in [0.1, 0.15) is 0 Å². The van der Waals surface area contributed by atoms with Crippen LogP contribution in [0.15, 0.2) is 12.7 Å². The lowest BCUT2D eigenvalue weighted by Gasteiger charge is -2.04. The van der Waals surface area contributed by atoms with Gasteiger partial charge in [-0.3, -0.25) is 0 Å². The number of carbonyl (C=O) groups excluding carboxylic acids is 1. The lowest BCUT2D eigenvalue weighted by Crippen LogP contribution is -2.01. The normalized spacial score (nSPS) is 10.7. The van der Waals surface area contributed by atoms with E-state index >= 15 is 0 Å². The zero-order chi connectivity index (χ0) is 17.7. The number of ether oxygens (including phenoxy) is 1. The molecule has 0 aromatic carbocycles. The van der Waals surface area contributed by atoms with Crippen molar-refractivity contribution in [1.82, 2.24) is 0 Å². The van der Waals surface area contributed by atoms with Gasteiger partial charge in [0.15, 0.2) is 0 Å². The van der Waals surface area contributed by atoms with Crippen LogP contribution in [0.4, 0.5) is 0 Å². The molecule has 142 valence electrons. The summed E-state index contributed by atoms with van der Waals surface area (Å²) in [6, 6.07) is 0. The summed E-state index contributed by atoms with van der Waals surface area (Å²) in [5.41, 5.74) is 0. The molecule has 0 aliphatic carbocycles. The highest BCUT2D eigenvalue weighted by Gasteiger charge is 1.96. The van der Waals surface area contributed by atoms with Crippen LogP contribution in [-0.2, 0) is 9.53 Å². The summed E-state index contributed by atoms with van der Waals surface area (Å²) in [5, 5.41) is 1.16. The Morgan fingerprint density at radius 2 is 1.00 bits per heavy atom. The van der Waals surface area contributed by atoms with Crippen LogP contribution < -0.4 is 0 Å². The van der Waals surface area contributed by atoms with Gasteiger partial charge >= 0.3 is 5.97 Å². The highest BCUT2D eigenvalue weighted by molar-refractivity contribution is 9.09. The van der Waals surface area contributed by atoms with Crippen molar-refractivity contribution in [1.29, 1.82) is 0 Å². The van der Waals surface area contributed by atoms with Crippen molar-refractivity contribution in [3.63, 3.8) is 0 Å². The SMILES string of the molecule is C=CC(=O)OCCCCCCCCCCCCCCCCCCBr. The summed E-state index contributed by atoms with van der Waals surface area (Å²) in [6.07, 6.45) is 22.8. The second kappa shape index (κ2) is 20.7. The van der Waals surface area contributed by atoms with Gasteiger partial charge in [-0.1, -0.05) is 112 Å². The Kier molecular flexibility index (Phi) is 20.5. The maximum absolute atomic E-state index is 10.8. The van der Waals surface area contributed by atoms with Crippen LogP contribution in [0.5, 0.6) is 0 Å². The summed E-state index contributed by atoms with van der Waals surface area (Å²) in [7, 11) is 0. The summed E-state index contributed by atoms with van der Waals surface area (Å²) in [4.78, 5) is 10.8. The number of carbonyl (C=O) groups is 1. The van der Waals surface area contributed by atoms with Gasteiger partial charge in [-0.05, 0) is 12.8 Å². The van der Waals surface area contributed by atoms with Crippen molar-refractivity contribution in [3.05, 3.63) is 12.7 Å². The third kappa shape index (κ3) is 19.7. The Labute approximate surface area is 158 Å². The summed E-state index contributed by atoms with van der Waals surface area (Å²) >= 11 is 3.48. The lowest BCUT2D eigenvalue weighted by molar-refractivity contribution is -0.137. The molecule has 0 saturated carbocycles. The van der Waals surface area contributed by atoms with Gasteiger partial charge < -0.3 is 4.74 Å². The third-order valence-electron chi connectivity index (χ3n) is 4.44. The fourth-order valence-electron chi connectivity index (χ4n) is 2.90. The van der Waals surface area contributed by atoms with Gasteiger partial charge in [-0.25, -0.2) is 4.79 Å². The van der Waals surface area contributed by atoms with E-state index in [4.69, 9.17) is 4.74 Å². The fraction of sp³-hybridized carbons (Fsp3) is 0.857. The van der Waals surface area contributed by atoms with Gasteiger partial charge in [-0.15, -0.1) is 0 Å². The van der Waals surface area contributed by atoms with Crippen LogP contribution in [0.2, 0.25) is 0 Å². The first kappa shape index (κ1) is 23.7. The molecule has 0 aliphatic rings. The molecular formula is C21H39BrO2. The molecule has 24 heavy (non-hydrogen) atoms. The molecule has 0 atom stereocenters. The molecule has 0 N–H and O–H groups in total. The Hall–Kier alpha value is -0.310. The average molecular weight is 403 g/mol. The molecule has 0 aromatic rings. The van der Waals surface area contributed by atoms with Gasteiger partial charge in [0.2, 0.25) is 0 Å². The van der Waals surface area contributed by atoms with E-state index in [9.17, 15) is 4.79 Å². The number of unbranched alkanes of at least 4 members (excludes halogenated alkanes) is 15. The van der Waals surface area contributed by atoms with Crippen LogP contribution in [0.3, 0.4) is 0 Å². The molecule has 0 saturated heterocycles. The Morgan fingerprint density at radius 3 is 1.33 bits per heavy atom. The predicted octanol–water partition coefficient (Wildman–Crippen LogP) is 7.35. The van der Waals surface area contributed by atoms with Crippen molar-refractivity contribution in [2.24, 2.45) is 0 Å².